The molecule has 0 unspecified atom stereocenters. The maximum absolute atomic E-state index is 12.4. The van der Waals surface area contributed by atoms with Gasteiger partial charge in [0.15, 0.2) is 13.2 Å². The van der Waals surface area contributed by atoms with Crippen molar-refractivity contribution in [2.24, 2.45) is 0 Å². The second kappa shape index (κ2) is 8.90. The summed E-state index contributed by atoms with van der Waals surface area (Å²) in [7, 11) is 0. The van der Waals surface area contributed by atoms with Gasteiger partial charge >= 0.3 is 11.6 Å². The molecule has 2 aromatic rings. The molecule has 1 aromatic carbocycles. The van der Waals surface area contributed by atoms with Gasteiger partial charge in [-0.05, 0) is 62.6 Å². The minimum atomic E-state index is -0.607. The van der Waals surface area contributed by atoms with Crippen LogP contribution in [-0.2, 0) is 27.2 Å². The number of hydrogen-bond acceptors (Lipinski definition) is 6. The fraction of sp³-hybridized carbons (Fsp3) is 0.522. The van der Waals surface area contributed by atoms with Crippen molar-refractivity contribution < 1.29 is 23.5 Å². The Kier molecular flexibility index (Phi) is 6.06. The molecule has 1 amide bonds. The zero-order valence-electron chi connectivity index (χ0n) is 17.3. The van der Waals surface area contributed by atoms with Gasteiger partial charge in [-0.1, -0.05) is 6.92 Å². The second-order valence-electron chi connectivity index (χ2n) is 7.95. The molecule has 2 aliphatic rings. The van der Waals surface area contributed by atoms with Crippen LogP contribution in [0.5, 0.6) is 5.75 Å². The number of likely N-dealkylation sites (tertiary alicyclic amines) is 1. The summed E-state index contributed by atoms with van der Waals surface area (Å²) in [5.41, 5.74) is 1.97. The van der Waals surface area contributed by atoms with Gasteiger partial charge in [-0.3, -0.25) is 4.79 Å². The number of fused-ring (bicyclic) bond motifs is 3. The molecule has 0 bridgehead atoms. The number of aryl methyl sites for hydroxylation is 1. The molecule has 0 spiro atoms. The van der Waals surface area contributed by atoms with Crippen molar-refractivity contribution >= 4 is 22.8 Å². The molecule has 1 fully saturated rings. The van der Waals surface area contributed by atoms with Gasteiger partial charge in [0.2, 0.25) is 0 Å². The molecular formula is C23H27NO6. The SMILES string of the molecule is CC[C@@H]1CCCCN1C(=O)COC(=O)COc1ccc2c3c(c(=O)oc2c1)CCC3. The molecule has 0 saturated carbocycles. The zero-order valence-corrected chi connectivity index (χ0v) is 17.3. The number of benzene rings is 1. The molecule has 1 atom stereocenters. The fourth-order valence-electron chi connectivity index (χ4n) is 4.52. The topological polar surface area (TPSA) is 86.0 Å². The third kappa shape index (κ3) is 4.20. The summed E-state index contributed by atoms with van der Waals surface area (Å²) in [6.45, 7) is 2.20. The number of esters is 1. The van der Waals surface area contributed by atoms with E-state index >= 15 is 0 Å². The van der Waals surface area contributed by atoms with Crippen LogP contribution in [0.1, 0.15) is 50.2 Å². The third-order valence-corrected chi connectivity index (χ3v) is 6.08. The van der Waals surface area contributed by atoms with Crippen LogP contribution in [-0.4, -0.2) is 42.6 Å². The van der Waals surface area contributed by atoms with E-state index in [1.54, 1.807) is 12.1 Å². The van der Waals surface area contributed by atoms with E-state index in [1.807, 2.05) is 11.0 Å². The first-order chi connectivity index (χ1) is 14.6. The Labute approximate surface area is 174 Å². The van der Waals surface area contributed by atoms with Crippen molar-refractivity contribution in [3.05, 3.63) is 39.7 Å². The van der Waals surface area contributed by atoms with Crippen molar-refractivity contribution in [1.29, 1.82) is 0 Å². The van der Waals surface area contributed by atoms with Gasteiger partial charge < -0.3 is 18.8 Å². The van der Waals surface area contributed by atoms with Crippen LogP contribution in [0, 0.1) is 0 Å². The molecule has 160 valence electrons. The Morgan fingerprint density at radius 1 is 1.13 bits per heavy atom. The van der Waals surface area contributed by atoms with Gasteiger partial charge in [0.1, 0.15) is 11.3 Å². The third-order valence-electron chi connectivity index (χ3n) is 6.08. The number of rotatable bonds is 6. The number of piperidine rings is 1. The summed E-state index contributed by atoms with van der Waals surface area (Å²) in [4.78, 5) is 38.3. The fourth-order valence-corrected chi connectivity index (χ4v) is 4.52. The highest BCUT2D eigenvalue weighted by atomic mass is 16.6. The number of carbonyl (C=O) groups is 2. The van der Waals surface area contributed by atoms with Gasteiger partial charge in [0.05, 0.1) is 0 Å². The maximum atomic E-state index is 12.4. The molecule has 1 aromatic heterocycles. The van der Waals surface area contributed by atoms with E-state index in [0.717, 1.165) is 68.0 Å². The predicted octanol–water partition coefficient (Wildman–Crippen LogP) is 2.99. The lowest BCUT2D eigenvalue weighted by molar-refractivity contribution is -0.155. The van der Waals surface area contributed by atoms with Crippen LogP contribution in [0.3, 0.4) is 0 Å². The molecule has 0 radical (unpaired) electrons. The lowest BCUT2D eigenvalue weighted by Crippen LogP contribution is -2.45. The average molecular weight is 413 g/mol. The van der Waals surface area contributed by atoms with Crippen molar-refractivity contribution in [2.75, 3.05) is 19.8 Å². The quantitative estimate of drug-likeness (QED) is 0.535. The van der Waals surface area contributed by atoms with Crippen LogP contribution >= 0.6 is 0 Å². The highest BCUT2D eigenvalue weighted by Gasteiger charge is 2.26. The summed E-state index contributed by atoms with van der Waals surface area (Å²) in [6, 6.07) is 5.45. The molecule has 2 heterocycles. The van der Waals surface area contributed by atoms with Crippen LogP contribution in [0.15, 0.2) is 27.4 Å². The van der Waals surface area contributed by atoms with Gasteiger partial charge in [0, 0.05) is 29.6 Å². The first kappa shape index (κ1) is 20.4. The highest BCUT2D eigenvalue weighted by Crippen LogP contribution is 2.29. The van der Waals surface area contributed by atoms with Crippen LogP contribution in [0.25, 0.3) is 11.0 Å². The number of nitrogens with zero attached hydrogens (tertiary/aromatic N) is 1. The van der Waals surface area contributed by atoms with Crippen molar-refractivity contribution in [2.45, 2.75) is 57.9 Å². The lowest BCUT2D eigenvalue weighted by atomic mass is 10.00. The van der Waals surface area contributed by atoms with E-state index in [0.29, 0.717) is 11.3 Å². The molecule has 7 nitrogen and oxygen atoms in total. The average Bonchev–Trinajstić information content (AvgIpc) is 3.26. The van der Waals surface area contributed by atoms with E-state index in [2.05, 4.69) is 6.92 Å². The molecule has 1 aliphatic heterocycles. The number of amides is 1. The van der Waals surface area contributed by atoms with E-state index in [9.17, 15) is 14.4 Å². The first-order valence-corrected chi connectivity index (χ1v) is 10.7. The van der Waals surface area contributed by atoms with Crippen LogP contribution < -0.4 is 10.4 Å². The Hall–Kier alpha value is -2.83. The zero-order chi connectivity index (χ0) is 21.1. The molecule has 4 rings (SSSR count). The van der Waals surface area contributed by atoms with Crippen molar-refractivity contribution in [1.82, 2.24) is 4.90 Å². The highest BCUT2D eigenvalue weighted by molar-refractivity contribution is 5.83. The molecule has 7 heteroatoms. The standard InChI is InChI=1S/C23H27NO6/c1-2-15-6-3-4-11-24(15)21(25)13-29-22(26)14-28-16-9-10-18-17-7-5-8-19(17)23(27)30-20(18)12-16/h9-10,12,15H,2-8,11,13-14H2,1H3/t15-/m1/s1. The van der Waals surface area contributed by atoms with Gasteiger partial charge in [-0.15, -0.1) is 0 Å². The van der Waals surface area contributed by atoms with E-state index in [1.165, 1.54) is 0 Å². The van der Waals surface area contributed by atoms with Gasteiger partial charge in [0.25, 0.3) is 5.91 Å². The molecule has 30 heavy (non-hydrogen) atoms. The number of hydrogen-bond donors (Lipinski definition) is 0. The largest absolute Gasteiger partial charge is 0.482 e. The summed E-state index contributed by atoms with van der Waals surface area (Å²) < 4.78 is 16.0. The Morgan fingerprint density at radius 2 is 1.97 bits per heavy atom. The summed E-state index contributed by atoms with van der Waals surface area (Å²) in [5.74, 6) is -0.353. The number of carbonyl (C=O) groups excluding carboxylic acids is 2. The summed E-state index contributed by atoms with van der Waals surface area (Å²) >= 11 is 0. The van der Waals surface area contributed by atoms with Crippen LogP contribution in [0.4, 0.5) is 0 Å². The normalized spacial score (nSPS) is 18.3. The smallest absolute Gasteiger partial charge is 0.344 e. The summed E-state index contributed by atoms with van der Waals surface area (Å²) in [5, 5.41) is 0.912. The van der Waals surface area contributed by atoms with Gasteiger partial charge in [-0.25, -0.2) is 9.59 Å². The maximum Gasteiger partial charge on any atom is 0.344 e. The van der Waals surface area contributed by atoms with Crippen molar-refractivity contribution in [3.63, 3.8) is 0 Å². The Balaban J connectivity index is 1.32. The molecule has 1 saturated heterocycles. The van der Waals surface area contributed by atoms with Gasteiger partial charge in [-0.2, -0.15) is 0 Å². The van der Waals surface area contributed by atoms with E-state index < -0.39 is 5.97 Å². The minimum absolute atomic E-state index is 0.156. The van der Waals surface area contributed by atoms with E-state index in [-0.39, 0.29) is 30.8 Å². The van der Waals surface area contributed by atoms with Crippen LogP contribution in [0.2, 0.25) is 0 Å². The molecule has 0 N–H and O–H groups in total. The summed E-state index contributed by atoms with van der Waals surface area (Å²) in [6.07, 6.45) is 6.61. The minimum Gasteiger partial charge on any atom is -0.482 e. The Bertz CT molecular complexity index is 1010. The van der Waals surface area contributed by atoms with Crippen molar-refractivity contribution in [3.8, 4) is 5.75 Å². The first-order valence-electron chi connectivity index (χ1n) is 10.7. The monoisotopic (exact) mass is 413 g/mol. The molecule has 1 aliphatic carbocycles. The number of ether oxygens (including phenoxy) is 2. The van der Waals surface area contributed by atoms with E-state index in [4.69, 9.17) is 13.9 Å². The second-order valence-corrected chi connectivity index (χ2v) is 7.95. The Morgan fingerprint density at radius 3 is 2.80 bits per heavy atom. The molecular weight excluding hydrogens is 386 g/mol. The lowest BCUT2D eigenvalue weighted by Gasteiger charge is -2.35. The predicted molar refractivity (Wildman–Crippen MR) is 111 cm³/mol.